The van der Waals surface area contributed by atoms with Gasteiger partial charge in [0, 0.05) is 6.42 Å². The largest absolute Gasteiger partial charge is 0.347 e. The number of hydrogen-bond acceptors (Lipinski definition) is 3. The van der Waals surface area contributed by atoms with Crippen molar-refractivity contribution in [2.75, 3.05) is 13.2 Å². The zero-order valence-corrected chi connectivity index (χ0v) is 8.91. The van der Waals surface area contributed by atoms with E-state index in [0.717, 1.165) is 19.3 Å². The number of carbonyl (C=O) groups excluding carboxylic acids is 1. The van der Waals surface area contributed by atoms with E-state index >= 15 is 0 Å². The number of rotatable bonds is 1. The Morgan fingerprint density at radius 2 is 1.93 bits per heavy atom. The third-order valence-electron chi connectivity index (χ3n) is 3.38. The summed E-state index contributed by atoms with van der Waals surface area (Å²) in [5.41, 5.74) is 0. The summed E-state index contributed by atoms with van der Waals surface area (Å²) in [6.07, 6.45) is 2.90. The number of ketones is 1. The summed E-state index contributed by atoms with van der Waals surface area (Å²) in [5.74, 6) is 0.201. The molecule has 1 aliphatic heterocycles. The van der Waals surface area contributed by atoms with E-state index in [9.17, 15) is 4.79 Å². The molecule has 2 atom stereocenters. The Morgan fingerprint density at radius 3 is 2.50 bits per heavy atom. The Balaban J connectivity index is 2.18. The molecule has 3 heteroatoms. The summed E-state index contributed by atoms with van der Waals surface area (Å²) in [6.45, 7) is 5.11. The minimum absolute atomic E-state index is 0.0406. The quantitative estimate of drug-likeness (QED) is 0.644. The average Bonchev–Trinajstić information content (AvgIpc) is 2.52. The Bertz CT molecular complexity index is 231. The number of Topliss-reactive ketones (excluding diaryl/α,β-unsaturated/α-hetero) is 1. The zero-order valence-electron chi connectivity index (χ0n) is 8.91. The van der Waals surface area contributed by atoms with Gasteiger partial charge in [0.25, 0.3) is 0 Å². The van der Waals surface area contributed by atoms with Gasteiger partial charge < -0.3 is 9.47 Å². The van der Waals surface area contributed by atoms with Gasteiger partial charge in [-0.25, -0.2) is 0 Å². The average molecular weight is 198 g/mol. The predicted molar refractivity (Wildman–Crippen MR) is 51.8 cm³/mol. The van der Waals surface area contributed by atoms with E-state index in [1.165, 1.54) is 0 Å². The smallest absolute Gasteiger partial charge is 0.178 e. The lowest BCUT2D eigenvalue weighted by molar-refractivity contribution is -0.217. The van der Waals surface area contributed by atoms with Crippen molar-refractivity contribution < 1.29 is 14.3 Å². The molecular formula is C11H18O3. The summed E-state index contributed by atoms with van der Waals surface area (Å²) in [6, 6.07) is 0. The van der Waals surface area contributed by atoms with Crippen LogP contribution in [-0.2, 0) is 14.3 Å². The molecule has 0 N–H and O–H groups in total. The second-order valence-corrected chi connectivity index (χ2v) is 4.56. The molecule has 2 aliphatic rings. The molecule has 0 radical (unpaired) electrons. The van der Waals surface area contributed by atoms with Crippen LogP contribution in [0.25, 0.3) is 0 Å². The summed E-state index contributed by atoms with van der Waals surface area (Å²) >= 11 is 0. The first-order valence-electron chi connectivity index (χ1n) is 5.42. The highest BCUT2D eigenvalue weighted by atomic mass is 16.7. The fourth-order valence-corrected chi connectivity index (χ4v) is 2.70. The first-order valence-corrected chi connectivity index (χ1v) is 5.42. The van der Waals surface area contributed by atoms with Crippen LogP contribution in [0, 0.1) is 11.8 Å². The number of carbonyl (C=O) groups is 1. The lowest BCUT2D eigenvalue weighted by atomic mass is 9.76. The molecule has 0 amide bonds. The molecular weight excluding hydrogens is 180 g/mol. The third kappa shape index (κ3) is 1.59. The van der Waals surface area contributed by atoms with Crippen molar-refractivity contribution in [3.8, 4) is 0 Å². The van der Waals surface area contributed by atoms with Crippen LogP contribution in [0.5, 0.6) is 0 Å². The van der Waals surface area contributed by atoms with Crippen LogP contribution < -0.4 is 0 Å². The summed E-state index contributed by atoms with van der Waals surface area (Å²) in [4.78, 5) is 11.5. The lowest BCUT2D eigenvalue weighted by Gasteiger charge is -2.40. The van der Waals surface area contributed by atoms with E-state index in [1.54, 1.807) is 6.92 Å². The zero-order chi connectivity index (χ0) is 10.2. The standard InChI is InChI=1S/C11H18O3/c1-8-3-4-10(9(2)12)11(7-8)13-5-6-14-11/h8,10H,3-7H2,1-2H3/t8-,10?/m1/s1. The van der Waals surface area contributed by atoms with E-state index in [1.807, 2.05) is 0 Å². The summed E-state index contributed by atoms with van der Waals surface area (Å²) in [5, 5.41) is 0. The van der Waals surface area contributed by atoms with Gasteiger partial charge in [-0.2, -0.15) is 0 Å². The predicted octanol–water partition coefficient (Wildman–Crippen LogP) is 1.75. The molecule has 14 heavy (non-hydrogen) atoms. The van der Waals surface area contributed by atoms with E-state index < -0.39 is 5.79 Å². The van der Waals surface area contributed by atoms with Crippen molar-refractivity contribution >= 4 is 5.78 Å². The number of hydrogen-bond donors (Lipinski definition) is 0. The van der Waals surface area contributed by atoms with Gasteiger partial charge in [-0.05, 0) is 25.7 Å². The van der Waals surface area contributed by atoms with Gasteiger partial charge in [0.2, 0.25) is 0 Å². The van der Waals surface area contributed by atoms with Gasteiger partial charge in [0.05, 0.1) is 19.1 Å². The maximum absolute atomic E-state index is 11.5. The van der Waals surface area contributed by atoms with Gasteiger partial charge in [-0.15, -0.1) is 0 Å². The highest BCUT2D eigenvalue weighted by molar-refractivity contribution is 5.79. The van der Waals surface area contributed by atoms with Crippen molar-refractivity contribution in [2.24, 2.45) is 11.8 Å². The third-order valence-corrected chi connectivity index (χ3v) is 3.38. The highest BCUT2D eigenvalue weighted by Crippen LogP contribution is 2.43. The summed E-state index contributed by atoms with van der Waals surface area (Å²) < 4.78 is 11.4. The van der Waals surface area contributed by atoms with Crippen LogP contribution in [0.2, 0.25) is 0 Å². The maximum Gasteiger partial charge on any atom is 0.178 e. The molecule has 0 bridgehead atoms. The maximum atomic E-state index is 11.5. The SMILES string of the molecule is CC(=O)C1CC[C@@H](C)CC12OCCO2. The van der Waals surface area contributed by atoms with E-state index in [2.05, 4.69) is 6.92 Å². The van der Waals surface area contributed by atoms with Crippen molar-refractivity contribution in [3.63, 3.8) is 0 Å². The van der Waals surface area contributed by atoms with Crippen LogP contribution in [-0.4, -0.2) is 24.8 Å². The van der Waals surface area contributed by atoms with E-state index in [-0.39, 0.29) is 11.7 Å². The molecule has 2 fully saturated rings. The molecule has 0 aromatic rings. The van der Waals surface area contributed by atoms with Crippen LogP contribution >= 0.6 is 0 Å². The molecule has 1 spiro atoms. The monoisotopic (exact) mass is 198 g/mol. The van der Waals surface area contributed by atoms with Gasteiger partial charge in [0.1, 0.15) is 5.78 Å². The Labute approximate surface area is 84.8 Å². The Morgan fingerprint density at radius 1 is 1.29 bits per heavy atom. The molecule has 0 aromatic heterocycles. The first kappa shape index (κ1) is 10.1. The van der Waals surface area contributed by atoms with Gasteiger partial charge >= 0.3 is 0 Å². The van der Waals surface area contributed by atoms with Crippen LogP contribution in [0.3, 0.4) is 0 Å². The van der Waals surface area contributed by atoms with Crippen LogP contribution in [0.4, 0.5) is 0 Å². The Kier molecular flexibility index (Phi) is 2.62. The normalized spacial score (nSPS) is 36.1. The first-order chi connectivity index (χ1) is 6.64. The van der Waals surface area contributed by atoms with Crippen LogP contribution in [0.15, 0.2) is 0 Å². The fourth-order valence-electron chi connectivity index (χ4n) is 2.70. The molecule has 0 aromatic carbocycles. The van der Waals surface area contributed by atoms with Crippen molar-refractivity contribution in [3.05, 3.63) is 0 Å². The van der Waals surface area contributed by atoms with E-state index in [0.29, 0.717) is 19.1 Å². The van der Waals surface area contributed by atoms with Gasteiger partial charge in [0.15, 0.2) is 5.79 Å². The Hall–Kier alpha value is -0.410. The van der Waals surface area contributed by atoms with Crippen molar-refractivity contribution in [1.29, 1.82) is 0 Å². The minimum Gasteiger partial charge on any atom is -0.347 e. The van der Waals surface area contributed by atoms with Gasteiger partial charge in [-0.1, -0.05) is 6.92 Å². The second kappa shape index (κ2) is 3.63. The molecule has 1 aliphatic carbocycles. The minimum atomic E-state index is -0.566. The van der Waals surface area contributed by atoms with Crippen molar-refractivity contribution in [1.82, 2.24) is 0 Å². The molecule has 3 nitrogen and oxygen atoms in total. The molecule has 1 saturated carbocycles. The topological polar surface area (TPSA) is 35.5 Å². The molecule has 1 saturated heterocycles. The molecule has 2 rings (SSSR count). The van der Waals surface area contributed by atoms with Crippen LogP contribution in [0.1, 0.15) is 33.1 Å². The lowest BCUT2D eigenvalue weighted by Crippen LogP contribution is -2.47. The fraction of sp³-hybridized carbons (Fsp3) is 0.909. The highest BCUT2D eigenvalue weighted by Gasteiger charge is 2.49. The molecule has 1 unspecified atom stereocenters. The second-order valence-electron chi connectivity index (χ2n) is 4.56. The van der Waals surface area contributed by atoms with E-state index in [4.69, 9.17) is 9.47 Å². The van der Waals surface area contributed by atoms with Gasteiger partial charge in [-0.3, -0.25) is 4.79 Å². The molecule has 1 heterocycles. The van der Waals surface area contributed by atoms with Crippen molar-refractivity contribution in [2.45, 2.75) is 38.9 Å². The summed E-state index contributed by atoms with van der Waals surface area (Å²) in [7, 11) is 0. The number of ether oxygens (including phenoxy) is 2. The molecule has 80 valence electrons.